The summed E-state index contributed by atoms with van der Waals surface area (Å²) >= 11 is 0. The zero-order valence-electron chi connectivity index (χ0n) is 7.18. The summed E-state index contributed by atoms with van der Waals surface area (Å²) in [6.45, 7) is 0.281. The number of benzene rings is 1. The maximum Gasteiger partial charge on any atom is 0.149 e. The molecule has 2 aromatic rings. The van der Waals surface area contributed by atoms with Crippen LogP contribution in [0.3, 0.4) is 0 Å². The quantitative estimate of drug-likeness (QED) is 0.730. The second-order valence-electron chi connectivity index (χ2n) is 2.66. The van der Waals surface area contributed by atoms with E-state index >= 15 is 0 Å². The molecule has 0 aliphatic carbocycles. The first-order chi connectivity index (χ1) is 6.81. The van der Waals surface area contributed by atoms with Gasteiger partial charge in [0.2, 0.25) is 0 Å². The molecular formula is C8H7FN5. The van der Waals surface area contributed by atoms with Gasteiger partial charge in [-0.25, -0.2) is 4.39 Å². The third-order valence-electron chi connectivity index (χ3n) is 1.75. The highest BCUT2D eigenvalue weighted by atomic mass is 19.1. The predicted molar refractivity (Wildman–Crippen MR) is 45.8 cm³/mol. The number of rotatable bonds is 2. The van der Waals surface area contributed by atoms with Gasteiger partial charge in [-0.1, -0.05) is 0 Å². The van der Waals surface area contributed by atoms with E-state index in [2.05, 4.69) is 21.6 Å². The second-order valence-corrected chi connectivity index (χ2v) is 2.66. The van der Waals surface area contributed by atoms with Gasteiger partial charge in [0.05, 0.1) is 0 Å². The molecule has 0 amide bonds. The molecular weight excluding hydrogens is 185 g/mol. The third-order valence-corrected chi connectivity index (χ3v) is 1.75. The molecule has 0 aliphatic heterocycles. The Kier molecular flexibility index (Phi) is 2.19. The monoisotopic (exact) mass is 192 g/mol. The molecule has 5 nitrogen and oxygen atoms in total. The standard InChI is InChI=1S/C8H7FN5/c9-7-3-6(4-10)1-2-8(7)14-5-11-12-13-14/h1,3,5H,4,10H2. The van der Waals surface area contributed by atoms with Crippen molar-refractivity contribution < 1.29 is 4.39 Å². The van der Waals surface area contributed by atoms with Gasteiger partial charge in [0, 0.05) is 12.6 Å². The second kappa shape index (κ2) is 3.51. The van der Waals surface area contributed by atoms with Crippen molar-refractivity contribution in [1.29, 1.82) is 0 Å². The number of hydrogen-bond donors (Lipinski definition) is 1. The van der Waals surface area contributed by atoms with Crippen molar-refractivity contribution in [2.24, 2.45) is 5.73 Å². The first-order valence-corrected chi connectivity index (χ1v) is 3.95. The van der Waals surface area contributed by atoms with Gasteiger partial charge in [-0.15, -0.1) is 5.10 Å². The van der Waals surface area contributed by atoms with Crippen molar-refractivity contribution in [1.82, 2.24) is 20.2 Å². The van der Waals surface area contributed by atoms with Gasteiger partial charge in [-0.2, -0.15) is 4.68 Å². The highest BCUT2D eigenvalue weighted by Gasteiger charge is 2.06. The number of nitrogens with two attached hydrogens (primary N) is 1. The summed E-state index contributed by atoms with van der Waals surface area (Å²) in [5.41, 5.74) is 6.22. The van der Waals surface area contributed by atoms with Crippen LogP contribution >= 0.6 is 0 Å². The van der Waals surface area contributed by atoms with Gasteiger partial charge in [0.25, 0.3) is 0 Å². The van der Waals surface area contributed by atoms with Crippen molar-refractivity contribution in [3.05, 3.63) is 35.9 Å². The first-order valence-electron chi connectivity index (χ1n) is 3.95. The van der Waals surface area contributed by atoms with Crippen LogP contribution in [0, 0.1) is 11.9 Å². The van der Waals surface area contributed by atoms with E-state index in [0.29, 0.717) is 5.56 Å². The summed E-state index contributed by atoms with van der Waals surface area (Å²) in [5, 5.41) is 10.4. The van der Waals surface area contributed by atoms with Crippen LogP contribution in [0.15, 0.2) is 18.5 Å². The number of halogens is 1. The number of nitrogens with zero attached hydrogens (tertiary/aromatic N) is 4. The van der Waals surface area contributed by atoms with Crippen LogP contribution in [0.2, 0.25) is 0 Å². The molecule has 0 saturated carbocycles. The van der Waals surface area contributed by atoms with Crippen LogP contribution in [-0.2, 0) is 6.54 Å². The lowest BCUT2D eigenvalue weighted by molar-refractivity contribution is 0.604. The molecule has 0 unspecified atom stereocenters. The molecule has 0 spiro atoms. The summed E-state index contributed by atoms with van der Waals surface area (Å²) in [6, 6.07) is 5.68. The van der Waals surface area contributed by atoms with Crippen molar-refractivity contribution >= 4 is 0 Å². The Morgan fingerprint density at radius 1 is 1.57 bits per heavy atom. The van der Waals surface area contributed by atoms with Crippen molar-refractivity contribution in [3.63, 3.8) is 0 Å². The molecule has 0 bridgehead atoms. The maximum absolute atomic E-state index is 13.4. The normalized spacial score (nSPS) is 10.4. The van der Waals surface area contributed by atoms with Crippen molar-refractivity contribution in [3.8, 4) is 5.69 Å². The van der Waals surface area contributed by atoms with E-state index in [1.165, 1.54) is 17.1 Å². The van der Waals surface area contributed by atoms with Crippen LogP contribution in [0.4, 0.5) is 4.39 Å². The van der Waals surface area contributed by atoms with Gasteiger partial charge in [-0.05, 0) is 28.1 Å². The van der Waals surface area contributed by atoms with E-state index in [4.69, 9.17) is 5.73 Å². The zero-order valence-corrected chi connectivity index (χ0v) is 7.18. The van der Waals surface area contributed by atoms with Crippen LogP contribution in [0.25, 0.3) is 5.69 Å². The summed E-state index contributed by atoms with van der Waals surface area (Å²) in [4.78, 5) is 0. The Morgan fingerprint density at radius 2 is 2.43 bits per heavy atom. The van der Waals surface area contributed by atoms with Crippen molar-refractivity contribution in [2.75, 3.05) is 0 Å². The summed E-state index contributed by atoms with van der Waals surface area (Å²) < 4.78 is 14.6. The fourth-order valence-electron chi connectivity index (χ4n) is 1.06. The van der Waals surface area contributed by atoms with Crippen LogP contribution in [0.1, 0.15) is 5.56 Å². The summed E-state index contributed by atoms with van der Waals surface area (Å²) in [6.07, 6.45) is 1.30. The minimum absolute atomic E-state index is 0.187. The average molecular weight is 192 g/mol. The Labute approximate surface area is 79.3 Å². The topological polar surface area (TPSA) is 69.6 Å². The molecule has 1 aromatic carbocycles. The average Bonchev–Trinajstić information content (AvgIpc) is 2.70. The third kappa shape index (κ3) is 1.47. The lowest BCUT2D eigenvalue weighted by Gasteiger charge is -2.02. The van der Waals surface area contributed by atoms with Gasteiger partial charge >= 0.3 is 0 Å². The number of aromatic nitrogens is 4. The van der Waals surface area contributed by atoms with Crippen LogP contribution in [0.5, 0.6) is 0 Å². The highest BCUT2D eigenvalue weighted by Crippen LogP contribution is 2.12. The Bertz CT molecular complexity index is 425. The van der Waals surface area contributed by atoms with Gasteiger partial charge in [-0.3, -0.25) is 0 Å². The highest BCUT2D eigenvalue weighted by molar-refractivity contribution is 5.33. The fourth-order valence-corrected chi connectivity index (χ4v) is 1.06. The molecule has 2 rings (SSSR count). The van der Waals surface area contributed by atoms with Crippen molar-refractivity contribution in [2.45, 2.75) is 6.54 Å². The Balaban J connectivity index is 2.46. The van der Waals surface area contributed by atoms with E-state index < -0.39 is 5.82 Å². The van der Waals surface area contributed by atoms with E-state index in [1.54, 1.807) is 6.07 Å². The van der Waals surface area contributed by atoms with E-state index in [0.717, 1.165) is 0 Å². The summed E-state index contributed by atoms with van der Waals surface area (Å²) in [5.74, 6) is -0.444. The molecule has 0 fully saturated rings. The smallest absolute Gasteiger partial charge is 0.149 e. The Hall–Kier alpha value is -1.82. The van der Waals surface area contributed by atoms with Gasteiger partial charge < -0.3 is 5.73 Å². The predicted octanol–water partition coefficient (Wildman–Crippen LogP) is 0.0603. The molecule has 1 radical (unpaired) electrons. The first kappa shape index (κ1) is 8.76. The zero-order chi connectivity index (χ0) is 9.97. The fraction of sp³-hybridized carbons (Fsp3) is 0.125. The lowest BCUT2D eigenvalue weighted by Crippen LogP contribution is -2.02. The summed E-state index contributed by atoms with van der Waals surface area (Å²) in [7, 11) is 0. The SMILES string of the molecule is NCc1c[c]c(-n2cnnn2)c(F)c1. The number of hydrogen-bond acceptors (Lipinski definition) is 4. The molecule has 1 aromatic heterocycles. The van der Waals surface area contributed by atoms with E-state index in [9.17, 15) is 4.39 Å². The van der Waals surface area contributed by atoms with Crippen LogP contribution in [-0.4, -0.2) is 20.2 Å². The number of tetrazole rings is 1. The molecule has 6 heteroatoms. The minimum atomic E-state index is -0.444. The molecule has 0 aliphatic rings. The molecule has 14 heavy (non-hydrogen) atoms. The Morgan fingerprint density at radius 3 is 3.00 bits per heavy atom. The lowest BCUT2D eigenvalue weighted by atomic mass is 10.2. The van der Waals surface area contributed by atoms with E-state index in [-0.39, 0.29) is 12.2 Å². The van der Waals surface area contributed by atoms with Crippen LogP contribution < -0.4 is 5.73 Å². The van der Waals surface area contributed by atoms with Gasteiger partial charge in [0.1, 0.15) is 17.8 Å². The maximum atomic E-state index is 13.4. The largest absolute Gasteiger partial charge is 0.326 e. The molecule has 1 heterocycles. The molecule has 0 saturated heterocycles. The van der Waals surface area contributed by atoms with Gasteiger partial charge in [0.15, 0.2) is 0 Å². The molecule has 2 N–H and O–H groups in total. The van der Waals surface area contributed by atoms with E-state index in [1.807, 2.05) is 0 Å². The molecule has 71 valence electrons. The molecule has 0 atom stereocenters. The minimum Gasteiger partial charge on any atom is -0.326 e.